The largest absolute Gasteiger partial charge is 0.484 e. The van der Waals surface area contributed by atoms with Crippen molar-refractivity contribution >= 4 is 28.5 Å². The Labute approximate surface area is 180 Å². The maximum Gasteiger partial charge on any atom is 0.422 e. The van der Waals surface area contributed by atoms with Gasteiger partial charge in [0.15, 0.2) is 11.8 Å². The molecule has 1 aliphatic carbocycles. The molecule has 2 atom stereocenters. The maximum absolute atomic E-state index is 13.3. The molecule has 0 amide bonds. The lowest BCUT2D eigenvalue weighted by atomic mass is 9.86. The highest BCUT2D eigenvalue weighted by molar-refractivity contribution is 7.99. The zero-order valence-corrected chi connectivity index (χ0v) is 17.8. The maximum atomic E-state index is 13.3. The molecule has 166 valence electrons. The number of fused-ring (bicyclic) bond motifs is 3. The average molecular weight is 453 g/mol. The van der Waals surface area contributed by atoms with E-state index in [1.54, 1.807) is 31.3 Å². The van der Waals surface area contributed by atoms with E-state index in [1.807, 2.05) is 6.92 Å². The minimum Gasteiger partial charge on any atom is -0.484 e. The zero-order valence-electron chi connectivity index (χ0n) is 17.0. The number of aromatic nitrogens is 3. The molecule has 2 unspecified atom stereocenters. The second kappa shape index (κ2) is 7.90. The number of ether oxygens (including phenoxy) is 1. The van der Waals surface area contributed by atoms with Crippen LogP contribution in [0.2, 0.25) is 0 Å². The van der Waals surface area contributed by atoms with Gasteiger partial charge in [-0.2, -0.15) is 13.2 Å². The highest BCUT2D eigenvalue weighted by Crippen LogP contribution is 2.37. The van der Waals surface area contributed by atoms with Crippen LogP contribution in [0.3, 0.4) is 0 Å². The second-order valence-corrected chi connectivity index (χ2v) is 9.11. The fourth-order valence-electron chi connectivity index (χ4n) is 3.78. The Bertz CT molecular complexity index is 1160. The Morgan fingerprint density at radius 3 is 2.94 bits per heavy atom. The third kappa shape index (κ3) is 4.59. The van der Waals surface area contributed by atoms with Gasteiger partial charge in [0, 0.05) is 17.9 Å². The molecule has 10 heteroatoms. The summed E-state index contributed by atoms with van der Waals surface area (Å²) in [6.07, 6.45) is 2.48. The number of alkyl halides is 3. The van der Waals surface area contributed by atoms with Crippen molar-refractivity contribution in [1.82, 2.24) is 14.5 Å². The van der Waals surface area contributed by atoms with Crippen molar-refractivity contribution in [2.24, 2.45) is 5.92 Å². The Hall–Kier alpha value is -2.46. The van der Waals surface area contributed by atoms with Crippen LogP contribution >= 0.6 is 11.8 Å². The quantitative estimate of drug-likeness (QED) is 0.665. The van der Waals surface area contributed by atoms with Gasteiger partial charge >= 0.3 is 6.18 Å². The highest BCUT2D eigenvalue weighted by atomic mass is 32.2. The van der Waals surface area contributed by atoms with Gasteiger partial charge in [-0.1, -0.05) is 18.7 Å². The molecule has 0 aromatic carbocycles. The van der Waals surface area contributed by atoms with Crippen molar-refractivity contribution in [3.8, 4) is 0 Å². The number of hydrogen-bond acceptors (Lipinski definition) is 5. The summed E-state index contributed by atoms with van der Waals surface area (Å²) >= 11 is 1.36. The summed E-state index contributed by atoms with van der Waals surface area (Å²) in [5.74, 6) is 0.246. The molecule has 4 rings (SSSR count). The van der Waals surface area contributed by atoms with Crippen molar-refractivity contribution in [1.29, 1.82) is 0 Å². The van der Waals surface area contributed by atoms with Gasteiger partial charge in [0.2, 0.25) is 0 Å². The first-order valence-corrected chi connectivity index (χ1v) is 10.8. The van der Waals surface area contributed by atoms with Crippen molar-refractivity contribution < 1.29 is 23.0 Å². The molecule has 31 heavy (non-hydrogen) atoms. The molecule has 0 spiro atoms. The van der Waals surface area contributed by atoms with Crippen LogP contribution in [0.15, 0.2) is 51.8 Å². The molecule has 0 bridgehead atoms. The third-order valence-corrected chi connectivity index (χ3v) is 6.27. The number of allylic oxidation sites excluding steroid dienone is 4. The number of thioether (sulfide) groups is 1. The van der Waals surface area contributed by atoms with Crippen molar-refractivity contribution in [2.45, 2.75) is 43.6 Å². The molecule has 0 fully saturated rings. The van der Waals surface area contributed by atoms with Crippen LogP contribution in [0, 0.1) is 5.92 Å². The van der Waals surface area contributed by atoms with Gasteiger partial charge in [-0.05, 0) is 49.6 Å². The number of H-pyrrole nitrogens is 1. The molecule has 6 nitrogen and oxygen atoms in total. The molecule has 1 aliphatic heterocycles. The number of hydrogen-bond donors (Lipinski definition) is 2. The van der Waals surface area contributed by atoms with E-state index in [2.05, 4.69) is 9.97 Å². The summed E-state index contributed by atoms with van der Waals surface area (Å²) in [6, 6.07) is 1.71. The van der Waals surface area contributed by atoms with E-state index in [9.17, 15) is 23.1 Å². The van der Waals surface area contributed by atoms with E-state index in [0.29, 0.717) is 34.1 Å². The van der Waals surface area contributed by atoms with E-state index in [4.69, 9.17) is 4.74 Å². The van der Waals surface area contributed by atoms with E-state index in [-0.39, 0.29) is 23.7 Å². The SMILES string of the molecule is CC1C=C(OCC(F)(F)F)C=CC2=C1CC(C)(O)CCSc1nc3cc[nH]c3c(=O)n12. The number of nitrogens with zero attached hydrogens (tertiary/aromatic N) is 2. The number of aliphatic hydroxyl groups is 1. The number of aromatic amines is 1. The summed E-state index contributed by atoms with van der Waals surface area (Å²) in [5, 5.41) is 11.4. The Kier molecular flexibility index (Phi) is 5.55. The molecule has 2 aromatic heterocycles. The summed E-state index contributed by atoms with van der Waals surface area (Å²) in [7, 11) is 0. The smallest absolute Gasteiger partial charge is 0.422 e. The van der Waals surface area contributed by atoms with Gasteiger partial charge < -0.3 is 14.8 Å². The van der Waals surface area contributed by atoms with Crippen LogP contribution in [0.5, 0.6) is 0 Å². The summed E-state index contributed by atoms with van der Waals surface area (Å²) in [6.45, 7) is 2.13. The first kappa shape index (κ1) is 21.8. The van der Waals surface area contributed by atoms with Gasteiger partial charge in [-0.25, -0.2) is 4.98 Å². The summed E-state index contributed by atoms with van der Waals surface area (Å²) in [4.78, 5) is 20.9. The van der Waals surface area contributed by atoms with Crippen molar-refractivity contribution in [2.75, 3.05) is 12.4 Å². The predicted molar refractivity (Wildman–Crippen MR) is 113 cm³/mol. The molecular formula is C21H22F3N3O3S. The topological polar surface area (TPSA) is 80.1 Å². The van der Waals surface area contributed by atoms with Gasteiger partial charge in [0.1, 0.15) is 11.3 Å². The van der Waals surface area contributed by atoms with Crippen LogP contribution in [0.1, 0.15) is 26.7 Å². The van der Waals surface area contributed by atoms with Gasteiger partial charge in [0.05, 0.1) is 16.8 Å². The first-order chi connectivity index (χ1) is 14.5. The van der Waals surface area contributed by atoms with Crippen LogP contribution in [0.25, 0.3) is 16.7 Å². The van der Waals surface area contributed by atoms with Crippen LogP contribution in [-0.4, -0.2) is 43.8 Å². The minimum absolute atomic E-state index is 0.0604. The highest BCUT2D eigenvalue weighted by Gasteiger charge is 2.32. The van der Waals surface area contributed by atoms with Crippen molar-refractivity contribution in [3.63, 3.8) is 0 Å². The molecule has 0 saturated heterocycles. The van der Waals surface area contributed by atoms with Crippen LogP contribution < -0.4 is 5.56 Å². The second-order valence-electron chi connectivity index (χ2n) is 8.05. The summed E-state index contributed by atoms with van der Waals surface area (Å²) < 4.78 is 44.4. The van der Waals surface area contributed by atoms with E-state index < -0.39 is 18.4 Å². The molecule has 0 saturated carbocycles. The molecule has 2 aromatic rings. The van der Waals surface area contributed by atoms with Crippen LogP contribution in [0.4, 0.5) is 13.2 Å². The third-order valence-electron chi connectivity index (χ3n) is 5.33. The monoisotopic (exact) mass is 453 g/mol. The Balaban J connectivity index is 1.88. The first-order valence-electron chi connectivity index (χ1n) is 9.82. The number of nitrogens with one attached hydrogen (secondary N) is 1. The van der Waals surface area contributed by atoms with Gasteiger partial charge in [-0.15, -0.1) is 0 Å². The summed E-state index contributed by atoms with van der Waals surface area (Å²) in [5.41, 5.74) is 0.748. The average Bonchev–Trinajstić information content (AvgIpc) is 3.09. The number of halogens is 3. The normalized spacial score (nSPS) is 24.6. The molecule has 2 aliphatic rings. The van der Waals surface area contributed by atoms with E-state index in [0.717, 1.165) is 5.57 Å². The standard InChI is InChI=1S/C21H22F3N3O3S/c1-12-9-13(30-11-21(22,23)24)3-4-16-14(12)10-20(2,29)6-8-31-19-26-15-5-7-25-17(15)18(28)27(16)19/h3-5,7,9,12,25,29H,6,8,10-11H2,1-2H3. The van der Waals surface area contributed by atoms with E-state index in [1.165, 1.54) is 22.4 Å². The fourth-order valence-corrected chi connectivity index (χ4v) is 4.98. The number of rotatable bonds is 2. The molecule has 2 N–H and O–H groups in total. The van der Waals surface area contributed by atoms with Gasteiger partial charge in [0.25, 0.3) is 5.56 Å². The van der Waals surface area contributed by atoms with Gasteiger partial charge in [-0.3, -0.25) is 9.36 Å². The predicted octanol–water partition coefficient (Wildman–Crippen LogP) is 4.24. The lowest BCUT2D eigenvalue weighted by molar-refractivity contribution is -0.163. The zero-order chi connectivity index (χ0) is 22.4. The van der Waals surface area contributed by atoms with Crippen molar-refractivity contribution in [3.05, 3.63) is 52.2 Å². The Morgan fingerprint density at radius 1 is 1.42 bits per heavy atom. The van der Waals surface area contributed by atoms with Crippen LogP contribution in [-0.2, 0) is 4.74 Å². The van der Waals surface area contributed by atoms with E-state index >= 15 is 0 Å². The fraction of sp³-hybridized carbons (Fsp3) is 0.429. The molecule has 3 heterocycles. The minimum atomic E-state index is -4.46. The molecular weight excluding hydrogens is 431 g/mol. The Morgan fingerprint density at radius 2 is 2.19 bits per heavy atom. The molecule has 0 radical (unpaired) electrons. The lowest BCUT2D eigenvalue weighted by Crippen LogP contribution is -2.27. The lowest BCUT2D eigenvalue weighted by Gasteiger charge is -2.26.